The molecule has 0 atom stereocenters. The lowest BCUT2D eigenvalue weighted by atomic mass is 10.2. The molecule has 1 aliphatic rings. The quantitative estimate of drug-likeness (QED) is 0.317. The molecule has 0 N–H and O–H groups in total. The van der Waals surface area contributed by atoms with Crippen molar-refractivity contribution in [3.8, 4) is 11.3 Å². The summed E-state index contributed by atoms with van der Waals surface area (Å²) in [5.74, 6) is 1.19. The SMILES string of the molecule is CCCCN=C1S/C(=C/c2ccc(-c3cc(Cl)ccc3Cl)o2)C(=O)N1CCCC. The van der Waals surface area contributed by atoms with E-state index in [4.69, 9.17) is 27.6 Å². The summed E-state index contributed by atoms with van der Waals surface area (Å²) in [4.78, 5) is 20.0. The molecular weight excluding hydrogens is 427 g/mol. The summed E-state index contributed by atoms with van der Waals surface area (Å²) in [6.45, 7) is 5.67. The molecule has 1 amide bonds. The highest BCUT2D eigenvalue weighted by Crippen LogP contribution is 2.35. The van der Waals surface area contributed by atoms with Gasteiger partial charge in [0.2, 0.25) is 0 Å². The van der Waals surface area contributed by atoms with Crippen LogP contribution in [-0.4, -0.2) is 29.1 Å². The fourth-order valence-corrected chi connectivity index (χ4v) is 4.26. The van der Waals surface area contributed by atoms with Gasteiger partial charge < -0.3 is 4.42 Å². The van der Waals surface area contributed by atoms with E-state index in [0.29, 0.717) is 33.0 Å². The number of hydrogen-bond donors (Lipinski definition) is 0. The van der Waals surface area contributed by atoms with Crippen LogP contribution in [0.3, 0.4) is 0 Å². The molecule has 1 aliphatic heterocycles. The molecule has 2 aromatic rings. The normalized spacial score (nSPS) is 17.1. The Morgan fingerprint density at radius 1 is 1.14 bits per heavy atom. The fraction of sp³-hybridized carbons (Fsp3) is 0.364. The topological polar surface area (TPSA) is 45.8 Å². The Kier molecular flexibility index (Phi) is 7.87. The van der Waals surface area contributed by atoms with Crippen molar-refractivity contribution in [1.82, 2.24) is 4.90 Å². The standard InChI is InChI=1S/C22H24Cl2N2O2S/c1-3-5-11-25-22-26(12-6-4-2)21(27)20(29-22)14-16-8-10-19(28-16)17-13-15(23)7-9-18(17)24/h7-10,13-14H,3-6,11-12H2,1-2H3/b20-14+,25-22?. The number of unbranched alkanes of at least 4 members (excludes halogenated alkanes) is 2. The maximum atomic E-state index is 12.9. The number of amidine groups is 1. The van der Waals surface area contributed by atoms with Crippen LogP contribution < -0.4 is 0 Å². The van der Waals surface area contributed by atoms with Crippen molar-refractivity contribution in [3.63, 3.8) is 0 Å². The summed E-state index contributed by atoms with van der Waals surface area (Å²) in [5.41, 5.74) is 0.723. The molecule has 4 nitrogen and oxygen atoms in total. The number of halogens is 2. The van der Waals surface area contributed by atoms with Crippen LogP contribution in [0.5, 0.6) is 0 Å². The third-order valence-electron chi connectivity index (χ3n) is 4.48. The number of hydrogen-bond acceptors (Lipinski definition) is 4. The molecule has 1 fully saturated rings. The zero-order valence-electron chi connectivity index (χ0n) is 16.6. The Morgan fingerprint density at radius 2 is 1.93 bits per heavy atom. The monoisotopic (exact) mass is 450 g/mol. The van der Waals surface area contributed by atoms with Gasteiger partial charge in [0.1, 0.15) is 11.5 Å². The maximum absolute atomic E-state index is 12.9. The summed E-state index contributed by atoms with van der Waals surface area (Å²) in [7, 11) is 0. The van der Waals surface area contributed by atoms with Gasteiger partial charge in [-0.1, -0.05) is 49.9 Å². The first-order valence-electron chi connectivity index (χ1n) is 9.84. The molecule has 0 bridgehead atoms. The van der Waals surface area contributed by atoms with E-state index >= 15 is 0 Å². The largest absolute Gasteiger partial charge is 0.457 e. The van der Waals surface area contributed by atoms with E-state index in [0.717, 1.165) is 43.0 Å². The minimum atomic E-state index is -0.0163. The van der Waals surface area contributed by atoms with Gasteiger partial charge in [-0.3, -0.25) is 14.7 Å². The number of benzene rings is 1. The van der Waals surface area contributed by atoms with E-state index in [9.17, 15) is 4.79 Å². The number of furan rings is 1. The molecule has 0 aliphatic carbocycles. The molecule has 0 spiro atoms. The van der Waals surface area contributed by atoms with Crippen molar-refractivity contribution >= 4 is 52.1 Å². The fourth-order valence-electron chi connectivity index (χ4n) is 2.86. The maximum Gasteiger partial charge on any atom is 0.266 e. The number of thioether (sulfide) groups is 1. The molecule has 29 heavy (non-hydrogen) atoms. The van der Waals surface area contributed by atoms with Gasteiger partial charge in [0, 0.05) is 29.8 Å². The molecule has 3 rings (SSSR count). The van der Waals surface area contributed by atoms with Crippen molar-refractivity contribution in [2.75, 3.05) is 13.1 Å². The molecule has 1 aromatic carbocycles. The highest BCUT2D eigenvalue weighted by Gasteiger charge is 2.33. The average molecular weight is 451 g/mol. The lowest BCUT2D eigenvalue weighted by Crippen LogP contribution is -2.30. The molecule has 7 heteroatoms. The Labute approximate surface area is 186 Å². The second-order valence-corrected chi connectivity index (χ2v) is 8.62. The minimum absolute atomic E-state index is 0.0163. The summed E-state index contributed by atoms with van der Waals surface area (Å²) in [5, 5.41) is 1.93. The summed E-state index contributed by atoms with van der Waals surface area (Å²) in [6.07, 6.45) is 5.84. The van der Waals surface area contributed by atoms with E-state index in [1.54, 1.807) is 29.2 Å². The first kappa shape index (κ1) is 22.0. The number of rotatable bonds is 8. The van der Waals surface area contributed by atoms with Crippen molar-refractivity contribution < 1.29 is 9.21 Å². The number of aliphatic imine (C=N–C) groups is 1. The smallest absolute Gasteiger partial charge is 0.266 e. The van der Waals surface area contributed by atoms with Crippen LogP contribution in [0.2, 0.25) is 10.0 Å². The molecule has 0 unspecified atom stereocenters. The van der Waals surface area contributed by atoms with Crippen LogP contribution in [0.1, 0.15) is 45.3 Å². The summed E-state index contributed by atoms with van der Waals surface area (Å²) >= 11 is 13.8. The van der Waals surface area contributed by atoms with Crippen LogP contribution in [0, 0.1) is 0 Å². The zero-order chi connectivity index (χ0) is 20.8. The molecule has 2 heterocycles. The lowest BCUT2D eigenvalue weighted by Gasteiger charge is -2.14. The van der Waals surface area contributed by atoms with Gasteiger partial charge in [-0.15, -0.1) is 0 Å². The number of carbonyl (C=O) groups is 1. The van der Waals surface area contributed by atoms with Gasteiger partial charge in [0.15, 0.2) is 5.17 Å². The highest BCUT2D eigenvalue weighted by atomic mass is 35.5. The number of nitrogens with zero attached hydrogens (tertiary/aromatic N) is 2. The average Bonchev–Trinajstić information content (AvgIpc) is 3.28. The lowest BCUT2D eigenvalue weighted by molar-refractivity contribution is -0.122. The molecule has 0 radical (unpaired) electrons. The van der Waals surface area contributed by atoms with Gasteiger partial charge in [0.05, 0.1) is 9.93 Å². The van der Waals surface area contributed by atoms with Gasteiger partial charge in [-0.2, -0.15) is 0 Å². The van der Waals surface area contributed by atoms with Crippen LogP contribution in [-0.2, 0) is 4.79 Å². The van der Waals surface area contributed by atoms with Crippen LogP contribution in [0.15, 0.2) is 44.6 Å². The summed E-state index contributed by atoms with van der Waals surface area (Å²) in [6, 6.07) is 8.90. The Morgan fingerprint density at radius 3 is 2.69 bits per heavy atom. The van der Waals surface area contributed by atoms with Crippen LogP contribution in [0.25, 0.3) is 17.4 Å². The van der Waals surface area contributed by atoms with Crippen LogP contribution >= 0.6 is 35.0 Å². The molecule has 1 aromatic heterocycles. The van der Waals surface area contributed by atoms with Crippen molar-refractivity contribution in [3.05, 3.63) is 51.0 Å². The van der Waals surface area contributed by atoms with Gasteiger partial charge in [-0.25, -0.2) is 0 Å². The van der Waals surface area contributed by atoms with E-state index in [2.05, 4.69) is 18.8 Å². The third kappa shape index (κ3) is 5.47. The first-order valence-corrected chi connectivity index (χ1v) is 11.4. The van der Waals surface area contributed by atoms with Gasteiger partial charge in [-0.05, 0) is 54.9 Å². The molecular formula is C22H24Cl2N2O2S. The second kappa shape index (κ2) is 10.4. The minimum Gasteiger partial charge on any atom is -0.457 e. The van der Waals surface area contributed by atoms with Crippen LogP contribution in [0.4, 0.5) is 0 Å². The van der Waals surface area contributed by atoms with Crippen molar-refractivity contribution in [2.45, 2.75) is 39.5 Å². The molecule has 1 saturated heterocycles. The summed E-state index contributed by atoms with van der Waals surface area (Å²) < 4.78 is 5.92. The Bertz CT molecular complexity index is 937. The van der Waals surface area contributed by atoms with E-state index in [1.165, 1.54) is 11.8 Å². The van der Waals surface area contributed by atoms with E-state index in [-0.39, 0.29) is 5.91 Å². The number of amides is 1. The Balaban J connectivity index is 1.84. The highest BCUT2D eigenvalue weighted by molar-refractivity contribution is 8.18. The van der Waals surface area contributed by atoms with Gasteiger partial charge >= 0.3 is 0 Å². The second-order valence-electron chi connectivity index (χ2n) is 6.77. The van der Waals surface area contributed by atoms with Crippen molar-refractivity contribution in [2.24, 2.45) is 4.99 Å². The van der Waals surface area contributed by atoms with E-state index in [1.807, 2.05) is 12.1 Å². The number of carbonyl (C=O) groups excluding carboxylic acids is 1. The van der Waals surface area contributed by atoms with E-state index < -0.39 is 0 Å². The molecule has 0 saturated carbocycles. The predicted octanol–water partition coefficient (Wildman–Crippen LogP) is 7.13. The van der Waals surface area contributed by atoms with Gasteiger partial charge in [0.25, 0.3) is 5.91 Å². The molecule has 154 valence electrons. The third-order valence-corrected chi connectivity index (χ3v) is 6.09. The Hall–Kier alpha value is -1.69. The zero-order valence-corrected chi connectivity index (χ0v) is 18.9. The van der Waals surface area contributed by atoms with Crippen molar-refractivity contribution in [1.29, 1.82) is 0 Å². The predicted molar refractivity (Wildman–Crippen MR) is 124 cm³/mol. The first-order chi connectivity index (χ1) is 14.0.